The molecule has 4 fully saturated rings. The Balaban J connectivity index is 1.63. The first-order valence-corrected chi connectivity index (χ1v) is 11.5. The molecule has 4 aliphatic rings. The topological polar surface area (TPSA) is 93.8 Å². The Morgan fingerprint density at radius 2 is 2.00 bits per heavy atom. The van der Waals surface area contributed by atoms with E-state index in [1.54, 1.807) is 6.92 Å². The van der Waals surface area contributed by atoms with Crippen molar-refractivity contribution in [2.45, 2.75) is 78.2 Å². The van der Waals surface area contributed by atoms with Gasteiger partial charge in [-0.15, -0.1) is 0 Å². The molecular formula is C23H37N3O3. The molecule has 0 heterocycles. The normalized spacial score (nSPS) is 45.3. The molecule has 4 rings (SSSR count). The van der Waals surface area contributed by atoms with Crippen LogP contribution in [0.15, 0.2) is 5.16 Å². The molecule has 3 N–H and O–H groups in total. The molecule has 0 radical (unpaired) electrons. The molecule has 162 valence electrons. The number of amides is 1. The largest absolute Gasteiger partial charge is 0.395 e. The zero-order chi connectivity index (χ0) is 20.8. The molecule has 0 aromatic heterocycles. The number of nitrogens with zero attached hydrogens (tertiary/aromatic N) is 1. The summed E-state index contributed by atoms with van der Waals surface area (Å²) < 4.78 is 0. The van der Waals surface area contributed by atoms with Gasteiger partial charge in [-0.3, -0.25) is 9.59 Å². The van der Waals surface area contributed by atoms with Crippen LogP contribution < -0.4 is 11.1 Å². The Morgan fingerprint density at radius 1 is 1.21 bits per heavy atom. The van der Waals surface area contributed by atoms with E-state index < -0.39 is 0 Å². The summed E-state index contributed by atoms with van der Waals surface area (Å²) in [5, 5.41) is 7.66. The van der Waals surface area contributed by atoms with Crippen molar-refractivity contribution in [3.05, 3.63) is 0 Å². The van der Waals surface area contributed by atoms with Crippen LogP contribution in [-0.4, -0.2) is 36.6 Å². The number of carbonyl (C=O) groups excluding carboxylic acids is 2. The van der Waals surface area contributed by atoms with Gasteiger partial charge in [-0.2, -0.15) is 0 Å². The first kappa shape index (κ1) is 20.8. The van der Waals surface area contributed by atoms with E-state index in [0.717, 1.165) is 57.1 Å². The lowest BCUT2D eigenvalue weighted by Crippen LogP contribution is -2.61. The van der Waals surface area contributed by atoms with Crippen molar-refractivity contribution in [1.29, 1.82) is 0 Å². The van der Waals surface area contributed by atoms with Crippen LogP contribution in [0.5, 0.6) is 0 Å². The quantitative estimate of drug-likeness (QED) is 0.557. The lowest BCUT2D eigenvalue weighted by molar-refractivity contribution is -0.141. The molecule has 4 aliphatic carbocycles. The van der Waals surface area contributed by atoms with E-state index in [9.17, 15) is 9.59 Å². The number of hydrogen-bond donors (Lipinski definition) is 2. The Morgan fingerprint density at radius 3 is 2.72 bits per heavy atom. The average molecular weight is 404 g/mol. The minimum Gasteiger partial charge on any atom is -0.395 e. The lowest BCUT2D eigenvalue weighted by atomic mass is 9.44. The molecule has 0 saturated heterocycles. The summed E-state index contributed by atoms with van der Waals surface area (Å²) in [5.41, 5.74) is 6.66. The predicted molar refractivity (Wildman–Crippen MR) is 112 cm³/mol. The highest BCUT2D eigenvalue weighted by molar-refractivity contribution is 5.87. The van der Waals surface area contributed by atoms with Gasteiger partial charge >= 0.3 is 0 Å². The molecule has 7 atom stereocenters. The number of Topliss-reactive ketones (excluding diaryl/α,β-unsaturated/α-hetero) is 1. The molecule has 0 aromatic rings. The van der Waals surface area contributed by atoms with Crippen molar-refractivity contribution in [3.63, 3.8) is 0 Å². The smallest absolute Gasteiger partial charge is 0.217 e. The van der Waals surface area contributed by atoms with Crippen molar-refractivity contribution in [3.8, 4) is 0 Å². The van der Waals surface area contributed by atoms with Gasteiger partial charge in [-0.25, -0.2) is 0 Å². The molecule has 0 aromatic carbocycles. The van der Waals surface area contributed by atoms with E-state index in [1.165, 1.54) is 0 Å². The summed E-state index contributed by atoms with van der Waals surface area (Å²) in [6, 6.07) is 0.150. The van der Waals surface area contributed by atoms with Crippen molar-refractivity contribution in [2.24, 2.45) is 45.4 Å². The highest BCUT2D eigenvalue weighted by atomic mass is 16.6. The van der Waals surface area contributed by atoms with Crippen LogP contribution in [0.1, 0.15) is 72.1 Å². The number of carbonyl (C=O) groups is 2. The zero-order valence-electron chi connectivity index (χ0n) is 18.2. The maximum atomic E-state index is 12.7. The molecule has 0 spiro atoms. The van der Waals surface area contributed by atoms with Crippen LogP contribution in [0.3, 0.4) is 0 Å². The van der Waals surface area contributed by atoms with Crippen molar-refractivity contribution >= 4 is 17.4 Å². The van der Waals surface area contributed by atoms with Crippen LogP contribution in [0.25, 0.3) is 0 Å². The predicted octanol–water partition coefficient (Wildman–Crippen LogP) is 3.04. The SMILES string of the molecule is CC(=O)NC1C[C@@H]2[C@@H](CC[C@]3(C)C(=O)CC[C@@H]23)[C@@]2(C)CCC(=NOCCN)CC12. The highest BCUT2D eigenvalue weighted by Gasteiger charge is 2.62. The first-order chi connectivity index (χ1) is 13.8. The second kappa shape index (κ2) is 7.68. The van der Waals surface area contributed by atoms with Crippen molar-refractivity contribution in [1.82, 2.24) is 5.32 Å². The number of nitrogens with two attached hydrogens (primary N) is 1. The fraction of sp³-hybridized carbons (Fsp3) is 0.870. The van der Waals surface area contributed by atoms with E-state index in [1.807, 2.05) is 0 Å². The summed E-state index contributed by atoms with van der Waals surface area (Å²) in [4.78, 5) is 30.1. The molecule has 29 heavy (non-hydrogen) atoms. The fourth-order valence-corrected chi connectivity index (χ4v) is 7.61. The van der Waals surface area contributed by atoms with Gasteiger partial charge < -0.3 is 15.9 Å². The zero-order valence-corrected chi connectivity index (χ0v) is 18.2. The van der Waals surface area contributed by atoms with E-state index >= 15 is 0 Å². The third kappa shape index (κ3) is 3.41. The molecule has 6 heteroatoms. The third-order valence-electron chi connectivity index (χ3n) is 9.05. The summed E-state index contributed by atoms with van der Waals surface area (Å²) >= 11 is 0. The Hall–Kier alpha value is -1.43. The Kier molecular flexibility index (Phi) is 5.51. The molecule has 0 bridgehead atoms. The summed E-state index contributed by atoms with van der Waals surface area (Å²) in [6.07, 6.45) is 7.86. The Labute approximate surface area is 174 Å². The van der Waals surface area contributed by atoms with Gasteiger partial charge in [0.2, 0.25) is 5.91 Å². The van der Waals surface area contributed by atoms with E-state index in [0.29, 0.717) is 42.6 Å². The molecule has 6 nitrogen and oxygen atoms in total. The summed E-state index contributed by atoms with van der Waals surface area (Å²) in [5.74, 6) is 2.53. The summed E-state index contributed by atoms with van der Waals surface area (Å²) in [7, 11) is 0. The number of oxime groups is 1. The van der Waals surface area contributed by atoms with Crippen LogP contribution in [0.2, 0.25) is 0 Å². The number of rotatable bonds is 4. The Bertz CT molecular complexity index is 707. The molecule has 1 amide bonds. The first-order valence-electron chi connectivity index (χ1n) is 11.5. The second-order valence-electron chi connectivity index (χ2n) is 10.4. The van der Waals surface area contributed by atoms with E-state index in [-0.39, 0.29) is 22.8 Å². The minimum atomic E-state index is -0.136. The highest BCUT2D eigenvalue weighted by Crippen LogP contribution is 2.65. The van der Waals surface area contributed by atoms with Crippen molar-refractivity contribution < 1.29 is 14.4 Å². The second-order valence-corrected chi connectivity index (χ2v) is 10.4. The van der Waals surface area contributed by atoms with Crippen LogP contribution >= 0.6 is 0 Å². The number of nitrogens with one attached hydrogen (secondary N) is 1. The van der Waals surface area contributed by atoms with Gasteiger partial charge in [0.25, 0.3) is 0 Å². The van der Waals surface area contributed by atoms with Crippen molar-refractivity contribution in [2.75, 3.05) is 13.2 Å². The van der Waals surface area contributed by atoms with Gasteiger partial charge in [-0.1, -0.05) is 19.0 Å². The van der Waals surface area contributed by atoms with E-state index in [2.05, 4.69) is 24.3 Å². The fourth-order valence-electron chi connectivity index (χ4n) is 7.61. The van der Waals surface area contributed by atoms with E-state index in [4.69, 9.17) is 10.6 Å². The van der Waals surface area contributed by atoms with Gasteiger partial charge in [0.1, 0.15) is 12.4 Å². The molecule has 0 aliphatic heterocycles. The van der Waals surface area contributed by atoms with Gasteiger partial charge in [0.15, 0.2) is 0 Å². The molecule has 2 unspecified atom stereocenters. The van der Waals surface area contributed by atoms with Gasteiger partial charge in [-0.05, 0) is 74.0 Å². The maximum absolute atomic E-state index is 12.7. The van der Waals surface area contributed by atoms with Crippen LogP contribution in [0, 0.1) is 34.5 Å². The maximum Gasteiger partial charge on any atom is 0.217 e. The minimum absolute atomic E-state index is 0.0420. The number of ketones is 1. The molecular weight excluding hydrogens is 366 g/mol. The van der Waals surface area contributed by atoms with Gasteiger partial charge in [0.05, 0.1) is 5.71 Å². The summed E-state index contributed by atoms with van der Waals surface area (Å²) in [6.45, 7) is 7.19. The van der Waals surface area contributed by atoms with Gasteiger partial charge in [0, 0.05) is 31.3 Å². The number of hydrogen-bond acceptors (Lipinski definition) is 5. The number of fused-ring (bicyclic) bond motifs is 5. The van der Waals surface area contributed by atoms with Crippen LogP contribution in [0.4, 0.5) is 0 Å². The lowest BCUT2D eigenvalue weighted by Gasteiger charge is -2.61. The molecule has 4 saturated carbocycles. The third-order valence-corrected chi connectivity index (χ3v) is 9.05. The average Bonchev–Trinajstić information content (AvgIpc) is 2.97. The standard InChI is InChI=1S/C23H37N3O3/c1-14(27)25-20-13-16-17-4-5-21(28)23(17,3)9-7-18(16)22(2)8-6-15(12-19(20)22)26-29-11-10-24/h16-20H,4-13,24H2,1-3H3,(H,25,27)/t16-,17-,18+,19?,20?,22+,23-/m0/s1. The monoisotopic (exact) mass is 403 g/mol. The van der Waals surface area contributed by atoms with Crippen LogP contribution in [-0.2, 0) is 14.4 Å².